The number of pyridine rings is 2. The van der Waals surface area contributed by atoms with Crippen molar-refractivity contribution in [1.29, 1.82) is 0 Å². The summed E-state index contributed by atoms with van der Waals surface area (Å²) in [6, 6.07) is 35.9. The molecule has 7 rings (SSSR count). The monoisotopic (exact) mass is 893 g/mol. The molecule has 1 radical (unpaired) electrons. The largest absolute Gasteiger partial charge is 0 e. The number of nitrogens with zero attached hydrogens (tertiary/aromatic N) is 2. The SMILES string of the molecule is [2H]C([2H])(c1ccnc(-c2[c-]ccc3c2oc2cc(-c4ccccc4)ccc23)c1)C(C)(C)C.[CH3][Ge]([CH3])([CH3])[c]1ccc(-c2[c-]cc(F)c(F)c2)nc1.[Ir]. The van der Waals surface area contributed by atoms with E-state index in [4.69, 9.17) is 7.16 Å². The Morgan fingerprint density at radius 3 is 2.24 bits per heavy atom. The maximum Gasteiger partial charge on any atom is 0 e. The average molecular weight is 892 g/mol. The molecule has 0 amide bonds. The third kappa shape index (κ3) is 8.61. The first-order valence-electron chi connectivity index (χ1n) is 16.9. The third-order valence-corrected chi connectivity index (χ3v) is 12.1. The average Bonchev–Trinajstić information content (AvgIpc) is 3.47. The van der Waals surface area contributed by atoms with Gasteiger partial charge in [-0.2, -0.15) is 0 Å². The molecule has 49 heavy (non-hydrogen) atoms. The van der Waals surface area contributed by atoms with E-state index in [2.05, 4.69) is 69.7 Å². The van der Waals surface area contributed by atoms with Crippen LogP contribution in [0.4, 0.5) is 8.78 Å². The predicted molar refractivity (Wildman–Crippen MR) is 196 cm³/mol. The minimum Gasteiger partial charge on any atom is 0 e. The molecule has 0 unspecified atom stereocenters. The van der Waals surface area contributed by atoms with Gasteiger partial charge in [0, 0.05) is 34.4 Å². The number of aromatic nitrogens is 2. The maximum absolute atomic E-state index is 13.1. The van der Waals surface area contributed by atoms with E-state index in [9.17, 15) is 8.78 Å². The van der Waals surface area contributed by atoms with Crippen LogP contribution >= 0.6 is 0 Å². The minimum absolute atomic E-state index is 0. The van der Waals surface area contributed by atoms with Gasteiger partial charge >= 0.3 is 108 Å². The Morgan fingerprint density at radius 1 is 0.796 bits per heavy atom. The van der Waals surface area contributed by atoms with Crippen molar-refractivity contribution in [2.75, 3.05) is 0 Å². The van der Waals surface area contributed by atoms with Gasteiger partial charge in [-0.05, 0) is 40.7 Å². The normalized spacial score (nSPS) is 12.5. The van der Waals surface area contributed by atoms with Gasteiger partial charge in [0.25, 0.3) is 0 Å². The second-order valence-corrected chi connectivity index (χ2v) is 24.5. The number of hydrogen-bond acceptors (Lipinski definition) is 3. The summed E-state index contributed by atoms with van der Waals surface area (Å²) >= 11 is -1.87. The molecule has 7 aromatic rings. The van der Waals surface area contributed by atoms with Crippen molar-refractivity contribution >= 4 is 39.6 Å². The fraction of sp³-hybridized carbons (Fsp3) is 0.190. The summed E-state index contributed by atoms with van der Waals surface area (Å²) in [5.74, 6) is 5.07. The minimum atomic E-state index is -1.87. The predicted octanol–water partition coefficient (Wildman–Crippen LogP) is 11.1. The number of furan rings is 1. The van der Waals surface area contributed by atoms with Crippen LogP contribution in [0.2, 0.25) is 17.3 Å². The fourth-order valence-electron chi connectivity index (χ4n) is 5.41. The van der Waals surface area contributed by atoms with Gasteiger partial charge in [-0.3, -0.25) is 0 Å². The fourth-order valence-corrected chi connectivity index (χ4v) is 7.58. The van der Waals surface area contributed by atoms with E-state index in [1.807, 2.05) is 75.5 Å². The van der Waals surface area contributed by atoms with E-state index in [0.717, 1.165) is 45.2 Å². The van der Waals surface area contributed by atoms with Crippen LogP contribution < -0.4 is 4.40 Å². The molecule has 0 spiro atoms. The quantitative estimate of drug-likeness (QED) is 0.128. The Hall–Kier alpha value is -3.97. The second-order valence-electron chi connectivity index (χ2n) is 13.8. The van der Waals surface area contributed by atoms with Crippen LogP contribution in [0.25, 0.3) is 55.6 Å². The number of halogens is 2. The zero-order valence-electron chi connectivity index (χ0n) is 30.3. The molecule has 3 aromatic heterocycles. The van der Waals surface area contributed by atoms with Crippen molar-refractivity contribution < 1.29 is 36.0 Å². The van der Waals surface area contributed by atoms with Crippen LogP contribution in [-0.4, -0.2) is 23.2 Å². The molecule has 3 heterocycles. The van der Waals surface area contributed by atoms with Gasteiger partial charge in [0.1, 0.15) is 5.58 Å². The molecular formula is C42H38F2GeIrN2O-2. The summed E-state index contributed by atoms with van der Waals surface area (Å²) in [4.78, 5) is 8.85. The molecule has 0 aliphatic rings. The number of rotatable bonds is 5. The Balaban J connectivity index is 0.000000226. The Bertz CT molecular complexity index is 2300. The molecule has 4 aromatic carbocycles. The molecule has 0 saturated heterocycles. The van der Waals surface area contributed by atoms with E-state index in [1.165, 1.54) is 4.40 Å². The summed E-state index contributed by atoms with van der Waals surface area (Å²) in [7, 11) is 0. The second kappa shape index (κ2) is 14.9. The third-order valence-electron chi connectivity index (χ3n) is 7.83. The molecular weight excluding hydrogens is 851 g/mol. The molecule has 0 atom stereocenters. The van der Waals surface area contributed by atoms with Crippen molar-refractivity contribution in [3.8, 4) is 33.6 Å². The maximum atomic E-state index is 13.1. The van der Waals surface area contributed by atoms with Gasteiger partial charge in [-0.25, -0.2) is 0 Å². The summed E-state index contributed by atoms with van der Waals surface area (Å²) in [6.45, 7) is 5.72. The van der Waals surface area contributed by atoms with Crippen molar-refractivity contribution in [3.63, 3.8) is 0 Å². The van der Waals surface area contributed by atoms with Gasteiger partial charge in [0.2, 0.25) is 0 Å². The van der Waals surface area contributed by atoms with Crippen molar-refractivity contribution in [3.05, 3.63) is 139 Å². The Morgan fingerprint density at radius 2 is 1.57 bits per heavy atom. The van der Waals surface area contributed by atoms with Gasteiger partial charge in [0.15, 0.2) is 0 Å². The first kappa shape index (κ1) is 33.5. The van der Waals surface area contributed by atoms with Gasteiger partial charge in [0.05, 0.1) is 5.58 Å². The van der Waals surface area contributed by atoms with E-state index >= 15 is 0 Å². The summed E-state index contributed by atoms with van der Waals surface area (Å²) < 4.78 is 50.8. The topological polar surface area (TPSA) is 38.9 Å². The first-order valence-corrected chi connectivity index (χ1v) is 23.2. The van der Waals surface area contributed by atoms with Crippen LogP contribution in [-0.2, 0) is 26.5 Å². The van der Waals surface area contributed by atoms with Gasteiger partial charge < -0.3 is 9.40 Å². The molecule has 251 valence electrons. The van der Waals surface area contributed by atoms with Gasteiger partial charge in [-0.1, -0.05) is 85.8 Å². The summed E-state index contributed by atoms with van der Waals surface area (Å²) in [5, 5.41) is 2.04. The molecule has 0 aliphatic heterocycles. The number of hydrogen-bond donors (Lipinski definition) is 0. The van der Waals surface area contributed by atoms with E-state index < -0.39 is 36.7 Å². The van der Waals surface area contributed by atoms with Crippen LogP contribution in [0.3, 0.4) is 0 Å². The van der Waals surface area contributed by atoms with E-state index in [-0.39, 0.29) is 20.1 Å². The van der Waals surface area contributed by atoms with E-state index in [0.29, 0.717) is 28.1 Å². The van der Waals surface area contributed by atoms with E-state index in [1.54, 1.807) is 12.3 Å². The van der Waals surface area contributed by atoms with Crippen LogP contribution in [0.15, 0.2) is 114 Å². The zero-order valence-corrected chi connectivity index (χ0v) is 32.8. The smallest absolute Gasteiger partial charge is 0 e. The molecule has 0 N–H and O–H groups in total. The molecule has 0 fully saturated rings. The molecule has 0 saturated carbocycles. The molecule has 7 heteroatoms. The number of fused-ring (bicyclic) bond motifs is 3. The zero-order chi connectivity index (χ0) is 35.8. The first-order chi connectivity index (χ1) is 23.6. The Kier molecular flexibility index (Phi) is 10.2. The van der Waals surface area contributed by atoms with Crippen LogP contribution in [0.5, 0.6) is 0 Å². The molecule has 3 nitrogen and oxygen atoms in total. The Labute approximate surface area is 306 Å². The summed E-state index contributed by atoms with van der Waals surface area (Å²) in [5.41, 5.74) is 6.30. The van der Waals surface area contributed by atoms with Gasteiger partial charge in [-0.15, -0.1) is 18.2 Å². The van der Waals surface area contributed by atoms with Crippen molar-refractivity contribution in [1.82, 2.24) is 9.97 Å². The number of benzene rings is 4. The van der Waals surface area contributed by atoms with Crippen molar-refractivity contribution in [2.24, 2.45) is 5.41 Å². The van der Waals surface area contributed by atoms with Crippen LogP contribution in [0.1, 0.15) is 29.1 Å². The molecule has 0 aliphatic carbocycles. The standard InChI is InChI=1S/C28H24NO.C14H14F2GeN.Ir/c1-28(2,3)18-19-14-15-29-25(16-19)24-11-7-10-23-22-13-12-21(17-26(22)30-27(23)24)20-8-5-4-6-9-20;1-17(2,3)11-5-7-14(18-9-11)10-4-6-12(15)13(16)8-10;/h4-10,12-17H,18H2,1-3H3;5-9H,1-3H3;/q2*-1;/i18D2;;. The summed E-state index contributed by atoms with van der Waals surface area (Å²) in [6.07, 6.45) is 2.00. The van der Waals surface area contributed by atoms with Crippen molar-refractivity contribution in [2.45, 2.75) is 44.4 Å². The van der Waals surface area contributed by atoms with Crippen LogP contribution in [0, 0.1) is 29.2 Å². The molecule has 0 bridgehead atoms.